The molecule has 2 aromatic carbocycles. The number of hydrogen-bond acceptors (Lipinski definition) is 8. The van der Waals surface area contributed by atoms with Gasteiger partial charge in [-0.3, -0.25) is 25.0 Å². The number of carbonyl (C=O) groups excluding carboxylic acids is 2. The number of carbonyl (C=O) groups is 2. The maximum Gasteiger partial charge on any atom is 0.412 e. The van der Waals surface area contributed by atoms with E-state index in [1.807, 2.05) is 0 Å². The van der Waals surface area contributed by atoms with Crippen molar-refractivity contribution in [2.45, 2.75) is 26.4 Å². The quantitative estimate of drug-likeness (QED) is 0.203. The van der Waals surface area contributed by atoms with Crippen LogP contribution in [-0.2, 0) is 4.74 Å². The predicted octanol–water partition coefficient (Wildman–Crippen LogP) is 5.59. The molecule has 0 aliphatic heterocycles. The second-order valence-corrected chi connectivity index (χ2v) is 9.97. The zero-order valence-corrected chi connectivity index (χ0v) is 20.8. The van der Waals surface area contributed by atoms with Gasteiger partial charge >= 0.3 is 6.09 Å². The van der Waals surface area contributed by atoms with Gasteiger partial charge in [0.2, 0.25) is 5.78 Å². The van der Waals surface area contributed by atoms with Crippen LogP contribution >= 0.6 is 22.9 Å². The van der Waals surface area contributed by atoms with E-state index in [2.05, 4.69) is 10.4 Å². The van der Waals surface area contributed by atoms with Gasteiger partial charge in [0.05, 0.1) is 16.0 Å². The van der Waals surface area contributed by atoms with E-state index in [0.29, 0.717) is 10.7 Å². The predicted molar refractivity (Wildman–Crippen MR) is 137 cm³/mol. The Morgan fingerprint density at radius 2 is 1.75 bits per heavy atom. The van der Waals surface area contributed by atoms with Crippen molar-refractivity contribution >= 4 is 56.3 Å². The smallest absolute Gasteiger partial charge is 0.412 e. The fourth-order valence-electron chi connectivity index (χ4n) is 3.33. The van der Waals surface area contributed by atoms with Crippen LogP contribution in [0.1, 0.15) is 36.8 Å². The van der Waals surface area contributed by atoms with Crippen LogP contribution in [0.3, 0.4) is 0 Å². The summed E-state index contributed by atoms with van der Waals surface area (Å²) in [5, 5.41) is 20.4. The van der Waals surface area contributed by atoms with Gasteiger partial charge in [-0.15, -0.1) is 11.3 Å². The molecule has 0 atom stereocenters. The van der Waals surface area contributed by atoms with E-state index < -0.39 is 28.0 Å². The Kier molecular flexibility index (Phi) is 6.61. The maximum absolute atomic E-state index is 13.5. The van der Waals surface area contributed by atoms with Crippen molar-refractivity contribution < 1.29 is 19.2 Å². The molecular weight excluding hydrogens is 508 g/mol. The molecule has 0 saturated heterocycles. The van der Waals surface area contributed by atoms with E-state index in [0.717, 1.165) is 16.0 Å². The largest absolute Gasteiger partial charge is 0.444 e. The topological polar surface area (TPSA) is 133 Å². The molecule has 10 nitrogen and oxygen atoms in total. The molecule has 1 N–H and O–H groups in total. The zero-order valence-electron chi connectivity index (χ0n) is 19.3. The number of hydrogen-bond donors (Lipinski definition) is 1. The first-order valence-electron chi connectivity index (χ1n) is 10.5. The molecule has 0 saturated carbocycles. The average molecular weight is 527 g/mol. The Bertz CT molecular complexity index is 1550. The third-order valence-electron chi connectivity index (χ3n) is 4.89. The Hall–Kier alpha value is -4.09. The van der Waals surface area contributed by atoms with Crippen molar-refractivity contribution in [1.82, 2.24) is 9.78 Å². The summed E-state index contributed by atoms with van der Waals surface area (Å²) in [6.07, 6.45) is -0.760. The van der Waals surface area contributed by atoms with Gasteiger partial charge in [-0.2, -0.15) is 9.78 Å². The molecule has 0 unspecified atom stereocenters. The number of halogens is 1. The zero-order chi connectivity index (χ0) is 26.2. The Morgan fingerprint density at radius 3 is 2.33 bits per heavy atom. The van der Waals surface area contributed by atoms with Crippen LogP contribution < -0.4 is 10.9 Å². The molecule has 36 heavy (non-hydrogen) atoms. The van der Waals surface area contributed by atoms with Crippen LogP contribution in [0.15, 0.2) is 58.7 Å². The van der Waals surface area contributed by atoms with Crippen LogP contribution in [0.2, 0.25) is 5.02 Å². The number of nitrogens with zero attached hydrogens (tertiary/aromatic N) is 3. The van der Waals surface area contributed by atoms with Gasteiger partial charge in [-0.05, 0) is 57.2 Å². The lowest BCUT2D eigenvalue weighted by atomic mass is 10.0. The lowest BCUT2D eigenvalue weighted by Gasteiger charge is -2.19. The summed E-state index contributed by atoms with van der Waals surface area (Å²) in [6, 6.07) is 11.3. The molecule has 0 spiro atoms. The lowest BCUT2D eigenvalue weighted by Crippen LogP contribution is -2.28. The molecular formula is C24H19ClN4O6S. The van der Waals surface area contributed by atoms with Crippen molar-refractivity contribution in [3.8, 4) is 5.69 Å². The van der Waals surface area contributed by atoms with Gasteiger partial charge in [-0.1, -0.05) is 11.6 Å². The van der Waals surface area contributed by atoms with Crippen molar-refractivity contribution in [3.63, 3.8) is 0 Å². The standard InChI is InChI=1S/C24H19ClN4O6S/c1-24(2,3)35-23(32)26-21-18-17(12-36-21)19(20(30)13-4-8-16(9-5-13)29(33)34)27-28(22(18)31)15-10-6-14(25)7-11-15/h4-12H,1-3H3,(H,26,32). The van der Waals surface area contributed by atoms with Gasteiger partial charge in [0.25, 0.3) is 11.2 Å². The second kappa shape index (κ2) is 9.51. The molecule has 1 amide bonds. The van der Waals surface area contributed by atoms with Crippen molar-refractivity contribution in [2.75, 3.05) is 5.32 Å². The Labute approximate surface area is 213 Å². The van der Waals surface area contributed by atoms with Gasteiger partial charge in [0, 0.05) is 33.5 Å². The highest BCUT2D eigenvalue weighted by Gasteiger charge is 2.25. The summed E-state index contributed by atoms with van der Waals surface area (Å²) in [4.78, 5) is 49.7. The third kappa shape index (κ3) is 5.11. The normalized spacial score (nSPS) is 11.3. The fourth-order valence-corrected chi connectivity index (χ4v) is 4.38. The minimum absolute atomic E-state index is 0.0677. The van der Waals surface area contributed by atoms with Gasteiger partial charge in [0.15, 0.2) is 0 Å². The summed E-state index contributed by atoms with van der Waals surface area (Å²) in [5.41, 5.74) is -1.09. The number of aromatic nitrogens is 2. The summed E-state index contributed by atoms with van der Waals surface area (Å²) < 4.78 is 6.35. The number of non-ortho nitro benzene ring substituents is 1. The van der Waals surface area contributed by atoms with Crippen LogP contribution in [0.5, 0.6) is 0 Å². The number of anilines is 1. The van der Waals surface area contributed by atoms with Crippen LogP contribution in [0, 0.1) is 10.1 Å². The van der Waals surface area contributed by atoms with Crippen LogP contribution in [0.25, 0.3) is 16.5 Å². The molecule has 0 fully saturated rings. The summed E-state index contributed by atoms with van der Waals surface area (Å²) in [7, 11) is 0. The van der Waals surface area contributed by atoms with Crippen molar-refractivity contribution in [2.24, 2.45) is 0 Å². The molecule has 0 aliphatic carbocycles. The van der Waals surface area contributed by atoms with E-state index in [-0.39, 0.29) is 32.7 Å². The van der Waals surface area contributed by atoms with Crippen molar-refractivity contribution in [1.29, 1.82) is 0 Å². The molecule has 4 aromatic rings. The Balaban J connectivity index is 1.89. The molecule has 0 aliphatic rings. The van der Waals surface area contributed by atoms with Gasteiger partial charge in [-0.25, -0.2) is 4.79 Å². The number of nitro groups is 1. The summed E-state index contributed by atoms with van der Waals surface area (Å²) in [6.45, 7) is 5.12. The minimum Gasteiger partial charge on any atom is -0.444 e. The number of thiophene rings is 1. The van der Waals surface area contributed by atoms with Crippen LogP contribution in [-0.4, -0.2) is 32.2 Å². The van der Waals surface area contributed by atoms with Crippen LogP contribution in [0.4, 0.5) is 15.5 Å². The SMILES string of the molecule is CC(C)(C)OC(=O)Nc1scc2c(C(=O)c3ccc([N+](=O)[O-])cc3)nn(-c3ccc(Cl)cc3)c(=O)c12. The average Bonchev–Trinajstić information content (AvgIpc) is 3.22. The first-order valence-corrected chi connectivity index (χ1v) is 11.8. The molecule has 184 valence electrons. The van der Waals surface area contributed by atoms with Crippen molar-refractivity contribution in [3.05, 3.63) is 90.7 Å². The second-order valence-electron chi connectivity index (χ2n) is 8.66. The first kappa shape index (κ1) is 25.0. The molecule has 2 aromatic heterocycles. The number of amides is 1. The Morgan fingerprint density at radius 1 is 1.11 bits per heavy atom. The fraction of sp³-hybridized carbons (Fsp3) is 0.167. The monoisotopic (exact) mass is 526 g/mol. The third-order valence-corrected chi connectivity index (χ3v) is 6.04. The number of rotatable bonds is 5. The highest BCUT2D eigenvalue weighted by molar-refractivity contribution is 7.16. The minimum atomic E-state index is -0.765. The van der Waals surface area contributed by atoms with Gasteiger partial charge < -0.3 is 4.74 Å². The number of nitro benzene ring substituents is 1. The van der Waals surface area contributed by atoms with E-state index in [4.69, 9.17) is 16.3 Å². The van der Waals surface area contributed by atoms with E-state index in [1.54, 1.807) is 50.4 Å². The molecule has 0 bridgehead atoms. The molecule has 4 rings (SSSR count). The molecule has 2 heterocycles. The number of ether oxygens (including phenoxy) is 1. The summed E-state index contributed by atoms with van der Waals surface area (Å²) in [5.74, 6) is -0.556. The summed E-state index contributed by atoms with van der Waals surface area (Å²) >= 11 is 7.02. The van der Waals surface area contributed by atoms with E-state index in [9.17, 15) is 24.5 Å². The van der Waals surface area contributed by atoms with E-state index in [1.165, 1.54) is 24.3 Å². The molecule has 12 heteroatoms. The number of nitrogens with one attached hydrogen (secondary N) is 1. The van der Waals surface area contributed by atoms with E-state index >= 15 is 0 Å². The lowest BCUT2D eigenvalue weighted by molar-refractivity contribution is -0.384. The highest BCUT2D eigenvalue weighted by Crippen LogP contribution is 2.32. The maximum atomic E-state index is 13.5. The molecule has 0 radical (unpaired) electrons. The number of fused-ring (bicyclic) bond motifs is 1. The highest BCUT2D eigenvalue weighted by atomic mass is 35.5. The number of ketones is 1. The van der Waals surface area contributed by atoms with Gasteiger partial charge in [0.1, 0.15) is 16.3 Å². The first-order chi connectivity index (χ1) is 16.9. The number of benzene rings is 2.